The van der Waals surface area contributed by atoms with Gasteiger partial charge in [-0.25, -0.2) is 4.68 Å². The summed E-state index contributed by atoms with van der Waals surface area (Å²) in [5.41, 5.74) is 2.66. The van der Waals surface area contributed by atoms with Crippen LogP contribution in [0.1, 0.15) is 59.9 Å². The van der Waals surface area contributed by atoms with E-state index in [1.165, 1.54) is 0 Å². The van der Waals surface area contributed by atoms with Gasteiger partial charge in [0, 0.05) is 13.1 Å². The molecule has 1 spiro atoms. The molecular weight excluding hydrogens is 402 g/mol. The molecule has 0 atom stereocenters. The van der Waals surface area contributed by atoms with Crippen LogP contribution in [0, 0.1) is 13.8 Å². The van der Waals surface area contributed by atoms with E-state index in [0.29, 0.717) is 63.1 Å². The summed E-state index contributed by atoms with van der Waals surface area (Å²) in [5, 5.41) is 12.5. The smallest absolute Gasteiger partial charge is 0.259 e. The van der Waals surface area contributed by atoms with Crippen molar-refractivity contribution in [1.29, 1.82) is 0 Å². The number of aryl methyl sites for hydroxylation is 2. The Labute approximate surface area is 181 Å². The minimum atomic E-state index is -0.320. The quantitative estimate of drug-likeness (QED) is 0.611. The molecule has 2 aromatic rings. The number of amides is 1. The molecule has 1 amide bonds. The number of fused-ring (bicyclic) bond motifs is 1. The Morgan fingerprint density at radius 2 is 2.00 bits per heavy atom. The molecule has 10 nitrogen and oxygen atoms in total. The van der Waals surface area contributed by atoms with Gasteiger partial charge < -0.3 is 23.6 Å². The second-order valence-electron chi connectivity index (χ2n) is 8.58. The molecular formula is C21H31N5O5. The van der Waals surface area contributed by atoms with Gasteiger partial charge in [-0.2, -0.15) is 0 Å². The summed E-state index contributed by atoms with van der Waals surface area (Å²) in [6.45, 7) is 11.4. The predicted octanol–water partition coefficient (Wildman–Crippen LogP) is 2.03. The van der Waals surface area contributed by atoms with E-state index in [0.717, 1.165) is 24.2 Å². The molecule has 10 heteroatoms. The highest BCUT2D eigenvalue weighted by atomic mass is 16.5. The molecule has 0 saturated carbocycles. The van der Waals surface area contributed by atoms with Crippen molar-refractivity contribution in [2.24, 2.45) is 0 Å². The van der Waals surface area contributed by atoms with Crippen LogP contribution in [-0.4, -0.2) is 69.0 Å². The number of hydrogen-bond acceptors (Lipinski definition) is 8. The maximum Gasteiger partial charge on any atom is 0.259 e. The molecule has 2 aliphatic heterocycles. The normalized spacial score (nSPS) is 18.0. The number of nitrogens with zero attached hydrogens (tertiary/aromatic N) is 5. The lowest BCUT2D eigenvalue weighted by atomic mass is 9.89. The first-order valence-electron chi connectivity index (χ1n) is 10.9. The number of carbonyl (C=O) groups is 1. The SMILES string of the molecule is Cc1noc(C)c1C(=O)N1CCC2(CC1)Cn1nnc(COCCOC(C)C)c1CO2. The van der Waals surface area contributed by atoms with E-state index in [4.69, 9.17) is 18.7 Å². The number of carbonyl (C=O) groups excluding carboxylic acids is 1. The third-order valence-corrected chi connectivity index (χ3v) is 6.00. The zero-order chi connectivity index (χ0) is 22.0. The van der Waals surface area contributed by atoms with Crippen LogP contribution in [0.25, 0.3) is 0 Å². The molecule has 170 valence electrons. The first kappa shape index (κ1) is 21.9. The van der Waals surface area contributed by atoms with Crippen LogP contribution in [0.4, 0.5) is 0 Å². The van der Waals surface area contributed by atoms with E-state index >= 15 is 0 Å². The largest absolute Gasteiger partial charge is 0.376 e. The fraction of sp³-hybridized carbons (Fsp3) is 0.714. The summed E-state index contributed by atoms with van der Waals surface area (Å²) in [6.07, 6.45) is 1.70. The Balaban J connectivity index is 1.31. The topological polar surface area (TPSA) is 105 Å². The molecule has 4 heterocycles. The van der Waals surface area contributed by atoms with E-state index in [9.17, 15) is 4.79 Å². The second-order valence-corrected chi connectivity index (χ2v) is 8.58. The summed E-state index contributed by atoms with van der Waals surface area (Å²) < 4.78 is 24.5. The Morgan fingerprint density at radius 3 is 2.68 bits per heavy atom. The average molecular weight is 434 g/mol. The van der Waals surface area contributed by atoms with Crippen molar-refractivity contribution in [2.45, 2.75) is 72.0 Å². The second kappa shape index (κ2) is 9.05. The highest BCUT2D eigenvalue weighted by Gasteiger charge is 2.42. The van der Waals surface area contributed by atoms with Crippen molar-refractivity contribution in [3.8, 4) is 0 Å². The van der Waals surface area contributed by atoms with Gasteiger partial charge in [0.1, 0.15) is 17.0 Å². The molecule has 0 aliphatic carbocycles. The van der Waals surface area contributed by atoms with Crippen LogP contribution in [-0.2, 0) is 34.0 Å². The third kappa shape index (κ3) is 4.65. The van der Waals surface area contributed by atoms with E-state index < -0.39 is 0 Å². The highest BCUT2D eigenvalue weighted by Crippen LogP contribution is 2.34. The van der Waals surface area contributed by atoms with Gasteiger partial charge in [0.15, 0.2) is 0 Å². The standard InChI is InChI=1S/C21H31N5O5/c1-14(2)29-10-9-28-11-17-18-12-30-21(13-26(18)24-22-17)5-7-25(8-6-21)20(27)19-15(3)23-31-16(19)4/h14H,5-13H2,1-4H3. The summed E-state index contributed by atoms with van der Waals surface area (Å²) in [6, 6.07) is 0. The van der Waals surface area contributed by atoms with Gasteiger partial charge in [-0.15, -0.1) is 5.10 Å². The van der Waals surface area contributed by atoms with E-state index in [1.54, 1.807) is 13.8 Å². The van der Waals surface area contributed by atoms with Gasteiger partial charge >= 0.3 is 0 Å². The summed E-state index contributed by atoms with van der Waals surface area (Å²) in [4.78, 5) is 14.8. The Kier molecular flexibility index (Phi) is 6.40. The van der Waals surface area contributed by atoms with Crippen LogP contribution < -0.4 is 0 Å². The van der Waals surface area contributed by atoms with Crippen LogP contribution >= 0.6 is 0 Å². The predicted molar refractivity (Wildman–Crippen MR) is 109 cm³/mol. The molecule has 0 radical (unpaired) electrons. The van der Waals surface area contributed by atoms with Crippen LogP contribution in [0.3, 0.4) is 0 Å². The number of rotatable bonds is 7. The van der Waals surface area contributed by atoms with Gasteiger partial charge in [0.25, 0.3) is 5.91 Å². The zero-order valence-corrected chi connectivity index (χ0v) is 18.7. The molecule has 0 unspecified atom stereocenters. The zero-order valence-electron chi connectivity index (χ0n) is 18.7. The minimum absolute atomic E-state index is 0.0239. The van der Waals surface area contributed by atoms with Crippen molar-refractivity contribution >= 4 is 5.91 Å². The maximum absolute atomic E-state index is 12.9. The van der Waals surface area contributed by atoms with E-state index in [-0.39, 0.29) is 17.6 Å². The fourth-order valence-electron chi connectivity index (χ4n) is 4.18. The number of aromatic nitrogens is 4. The molecule has 31 heavy (non-hydrogen) atoms. The molecule has 4 rings (SSSR count). The Bertz CT molecular complexity index is 894. The fourth-order valence-corrected chi connectivity index (χ4v) is 4.18. The maximum atomic E-state index is 12.9. The highest BCUT2D eigenvalue weighted by molar-refractivity contribution is 5.96. The Morgan fingerprint density at radius 1 is 1.23 bits per heavy atom. The number of hydrogen-bond donors (Lipinski definition) is 0. The van der Waals surface area contributed by atoms with Gasteiger partial charge in [-0.3, -0.25) is 4.79 Å². The average Bonchev–Trinajstić information content (AvgIpc) is 3.29. The number of ether oxygens (including phenoxy) is 3. The molecule has 2 aromatic heterocycles. The number of likely N-dealkylation sites (tertiary alicyclic amines) is 1. The van der Waals surface area contributed by atoms with Crippen molar-refractivity contribution < 1.29 is 23.5 Å². The summed E-state index contributed by atoms with van der Waals surface area (Å²) in [5.74, 6) is 0.540. The van der Waals surface area contributed by atoms with Gasteiger partial charge in [-0.05, 0) is 40.5 Å². The van der Waals surface area contributed by atoms with Crippen molar-refractivity contribution in [3.63, 3.8) is 0 Å². The van der Waals surface area contributed by atoms with Crippen LogP contribution in [0.5, 0.6) is 0 Å². The first-order valence-corrected chi connectivity index (χ1v) is 10.9. The Hall–Kier alpha value is -2.30. The number of piperidine rings is 1. The van der Waals surface area contributed by atoms with Crippen molar-refractivity contribution in [3.05, 3.63) is 28.4 Å². The summed E-state index contributed by atoms with van der Waals surface area (Å²) >= 11 is 0. The van der Waals surface area contributed by atoms with Crippen molar-refractivity contribution in [2.75, 3.05) is 26.3 Å². The molecule has 0 bridgehead atoms. The molecule has 0 aromatic carbocycles. The lowest BCUT2D eigenvalue weighted by Gasteiger charge is -2.43. The van der Waals surface area contributed by atoms with Crippen molar-refractivity contribution in [1.82, 2.24) is 25.1 Å². The van der Waals surface area contributed by atoms with E-state index in [1.807, 2.05) is 23.4 Å². The van der Waals surface area contributed by atoms with E-state index in [2.05, 4.69) is 15.5 Å². The molecule has 0 N–H and O–H groups in total. The molecule has 2 aliphatic rings. The molecule has 1 saturated heterocycles. The first-order chi connectivity index (χ1) is 14.9. The molecule has 1 fully saturated rings. The lowest BCUT2D eigenvalue weighted by molar-refractivity contribution is -0.120. The van der Waals surface area contributed by atoms with Gasteiger partial charge in [0.05, 0.1) is 56.1 Å². The van der Waals surface area contributed by atoms with Crippen LogP contribution in [0.15, 0.2) is 4.52 Å². The van der Waals surface area contributed by atoms with Gasteiger partial charge in [0.2, 0.25) is 0 Å². The van der Waals surface area contributed by atoms with Gasteiger partial charge in [-0.1, -0.05) is 10.4 Å². The third-order valence-electron chi connectivity index (χ3n) is 6.00. The lowest BCUT2D eigenvalue weighted by Crippen LogP contribution is -2.52. The monoisotopic (exact) mass is 433 g/mol. The van der Waals surface area contributed by atoms with Crippen LogP contribution in [0.2, 0.25) is 0 Å². The summed E-state index contributed by atoms with van der Waals surface area (Å²) in [7, 11) is 0. The minimum Gasteiger partial charge on any atom is -0.376 e.